The lowest BCUT2D eigenvalue weighted by Gasteiger charge is -2.43. The Hall–Kier alpha value is -0.610. The van der Waals surface area contributed by atoms with Gasteiger partial charge in [0.2, 0.25) is 0 Å². The fourth-order valence-corrected chi connectivity index (χ4v) is 3.84. The third-order valence-electron chi connectivity index (χ3n) is 4.73. The summed E-state index contributed by atoms with van der Waals surface area (Å²) in [5.41, 5.74) is 0. The number of rotatable bonds is 3. The third-order valence-corrected chi connectivity index (χ3v) is 4.73. The molecule has 4 heteroatoms. The number of ether oxygens (including phenoxy) is 1. The van der Waals surface area contributed by atoms with Crippen LogP contribution in [-0.2, 0) is 9.53 Å². The number of methoxy groups -OCH3 is 1. The maximum atomic E-state index is 11.1. The molecule has 90 valence electrons. The Morgan fingerprint density at radius 3 is 2.56 bits per heavy atom. The van der Waals surface area contributed by atoms with Crippen LogP contribution in [0.4, 0.5) is 0 Å². The van der Waals surface area contributed by atoms with Crippen LogP contribution < -0.4 is 0 Å². The van der Waals surface area contributed by atoms with Crippen molar-refractivity contribution in [3.05, 3.63) is 0 Å². The zero-order chi connectivity index (χ0) is 11.3. The second kappa shape index (κ2) is 3.70. The molecule has 3 aliphatic rings. The Morgan fingerprint density at radius 2 is 2.00 bits per heavy atom. The molecular weight excluding hydrogens is 206 g/mol. The molecule has 2 aliphatic heterocycles. The normalized spacial score (nSPS) is 46.9. The third kappa shape index (κ3) is 1.39. The molecule has 0 amide bonds. The maximum absolute atomic E-state index is 11.1. The van der Waals surface area contributed by atoms with E-state index in [9.17, 15) is 9.90 Å². The fraction of sp³-hybridized carbons (Fsp3) is 0.917. The van der Waals surface area contributed by atoms with Gasteiger partial charge in [0.05, 0.1) is 12.0 Å². The molecule has 3 atom stereocenters. The Bertz CT molecular complexity index is 301. The highest BCUT2D eigenvalue weighted by Gasteiger charge is 2.53. The van der Waals surface area contributed by atoms with Gasteiger partial charge >= 0.3 is 5.97 Å². The van der Waals surface area contributed by atoms with Gasteiger partial charge in [-0.3, -0.25) is 9.69 Å². The minimum atomic E-state index is -0.597. The van der Waals surface area contributed by atoms with Crippen molar-refractivity contribution < 1.29 is 14.6 Å². The van der Waals surface area contributed by atoms with Crippen LogP contribution in [0.1, 0.15) is 32.1 Å². The number of carboxylic acids is 1. The number of carboxylic acid groups (broad SMARTS) is 1. The summed E-state index contributed by atoms with van der Waals surface area (Å²) in [6, 6.07) is 1.44. The predicted octanol–water partition coefficient (Wildman–Crippen LogP) is 1.10. The average Bonchev–Trinajstić information content (AvgIpc) is 2.74. The molecule has 0 aromatic carbocycles. The van der Waals surface area contributed by atoms with E-state index in [1.165, 1.54) is 6.42 Å². The SMILES string of the molecule is COC1CC(N2C3CCC2C(C(=O)O)C3)C1. The fourth-order valence-electron chi connectivity index (χ4n) is 3.84. The van der Waals surface area contributed by atoms with Crippen LogP contribution in [0.5, 0.6) is 0 Å². The van der Waals surface area contributed by atoms with Crippen LogP contribution in [0.3, 0.4) is 0 Å². The van der Waals surface area contributed by atoms with E-state index in [-0.39, 0.29) is 5.92 Å². The highest BCUT2D eigenvalue weighted by atomic mass is 16.5. The van der Waals surface area contributed by atoms with Crippen molar-refractivity contribution in [1.82, 2.24) is 4.90 Å². The van der Waals surface area contributed by atoms with Crippen LogP contribution in [0.25, 0.3) is 0 Å². The van der Waals surface area contributed by atoms with Crippen molar-refractivity contribution in [2.45, 2.75) is 56.3 Å². The van der Waals surface area contributed by atoms with Crippen molar-refractivity contribution in [2.24, 2.45) is 5.92 Å². The quantitative estimate of drug-likeness (QED) is 0.781. The number of aliphatic carboxylic acids is 1. The van der Waals surface area contributed by atoms with Crippen LogP contribution in [0, 0.1) is 5.92 Å². The zero-order valence-corrected chi connectivity index (χ0v) is 9.63. The van der Waals surface area contributed by atoms with E-state index in [0.717, 1.165) is 25.7 Å². The molecule has 3 fully saturated rings. The molecule has 2 heterocycles. The summed E-state index contributed by atoms with van der Waals surface area (Å²) in [5, 5.41) is 9.17. The van der Waals surface area contributed by atoms with E-state index in [1.807, 2.05) is 0 Å². The van der Waals surface area contributed by atoms with Gasteiger partial charge < -0.3 is 9.84 Å². The van der Waals surface area contributed by atoms with Crippen molar-refractivity contribution in [1.29, 1.82) is 0 Å². The van der Waals surface area contributed by atoms with Crippen molar-refractivity contribution in [3.63, 3.8) is 0 Å². The zero-order valence-electron chi connectivity index (χ0n) is 9.63. The van der Waals surface area contributed by atoms with Crippen molar-refractivity contribution in [3.8, 4) is 0 Å². The van der Waals surface area contributed by atoms with Crippen molar-refractivity contribution in [2.75, 3.05) is 7.11 Å². The topological polar surface area (TPSA) is 49.8 Å². The summed E-state index contributed by atoms with van der Waals surface area (Å²) in [6.07, 6.45) is 5.74. The van der Waals surface area contributed by atoms with E-state index in [1.54, 1.807) is 7.11 Å². The second-order valence-electron chi connectivity index (χ2n) is 5.41. The first-order valence-corrected chi connectivity index (χ1v) is 6.23. The van der Waals surface area contributed by atoms with Gasteiger partial charge in [-0.25, -0.2) is 0 Å². The second-order valence-corrected chi connectivity index (χ2v) is 5.41. The van der Waals surface area contributed by atoms with Crippen LogP contribution in [0.15, 0.2) is 0 Å². The molecule has 4 nitrogen and oxygen atoms in total. The Balaban J connectivity index is 1.67. The standard InChI is InChI=1S/C12H19NO3/c1-16-9-4-8(5-9)13-7-2-3-11(13)10(6-7)12(14)15/h7-11H,2-6H2,1H3,(H,14,15). The Kier molecular flexibility index (Phi) is 2.44. The molecule has 1 saturated carbocycles. The molecule has 2 saturated heterocycles. The molecule has 0 radical (unpaired) electrons. The Labute approximate surface area is 95.6 Å². The lowest BCUT2D eigenvalue weighted by atomic mass is 9.87. The van der Waals surface area contributed by atoms with Crippen molar-refractivity contribution >= 4 is 5.97 Å². The summed E-state index contributed by atoms with van der Waals surface area (Å²) in [6.45, 7) is 0. The minimum Gasteiger partial charge on any atom is -0.481 e. The van der Waals surface area contributed by atoms with E-state index in [2.05, 4.69) is 4.90 Å². The van der Waals surface area contributed by atoms with Crippen LogP contribution >= 0.6 is 0 Å². The molecule has 0 aromatic heterocycles. The van der Waals surface area contributed by atoms with Gasteiger partial charge in [0, 0.05) is 25.2 Å². The molecule has 16 heavy (non-hydrogen) atoms. The lowest BCUT2D eigenvalue weighted by molar-refractivity contribution is -0.143. The van der Waals surface area contributed by atoms with Crippen LogP contribution in [-0.4, -0.2) is 47.3 Å². The lowest BCUT2D eigenvalue weighted by Crippen LogP contribution is -2.50. The summed E-state index contributed by atoms with van der Waals surface area (Å²) < 4.78 is 5.30. The first-order valence-electron chi connectivity index (χ1n) is 6.23. The molecule has 2 bridgehead atoms. The number of hydrogen-bond acceptors (Lipinski definition) is 3. The van der Waals surface area contributed by atoms with Gasteiger partial charge in [0.15, 0.2) is 0 Å². The summed E-state index contributed by atoms with van der Waals surface area (Å²) >= 11 is 0. The molecule has 0 spiro atoms. The smallest absolute Gasteiger partial charge is 0.308 e. The van der Waals surface area contributed by atoms with Gasteiger partial charge in [-0.15, -0.1) is 0 Å². The number of carbonyl (C=O) groups is 1. The number of fused-ring (bicyclic) bond motifs is 2. The molecule has 1 aliphatic carbocycles. The summed E-state index contributed by atoms with van der Waals surface area (Å²) in [5.74, 6) is -0.708. The summed E-state index contributed by atoms with van der Waals surface area (Å²) in [7, 11) is 1.76. The highest BCUT2D eigenvalue weighted by molar-refractivity contribution is 5.71. The number of nitrogens with zero attached hydrogens (tertiary/aromatic N) is 1. The molecule has 1 N–H and O–H groups in total. The molecule has 3 rings (SSSR count). The monoisotopic (exact) mass is 225 g/mol. The van der Waals surface area contributed by atoms with Gasteiger partial charge in [0.1, 0.15) is 0 Å². The molecule has 0 aromatic rings. The maximum Gasteiger partial charge on any atom is 0.308 e. The van der Waals surface area contributed by atoms with E-state index >= 15 is 0 Å². The molecular formula is C12H19NO3. The van der Waals surface area contributed by atoms with Gasteiger partial charge in [-0.05, 0) is 32.1 Å². The largest absolute Gasteiger partial charge is 0.481 e. The Morgan fingerprint density at radius 1 is 1.25 bits per heavy atom. The minimum absolute atomic E-state index is 0.111. The highest BCUT2D eigenvalue weighted by Crippen LogP contribution is 2.46. The van der Waals surface area contributed by atoms with E-state index in [4.69, 9.17) is 4.74 Å². The van der Waals surface area contributed by atoms with Gasteiger partial charge in [0.25, 0.3) is 0 Å². The van der Waals surface area contributed by atoms with Crippen LogP contribution in [0.2, 0.25) is 0 Å². The predicted molar refractivity (Wildman–Crippen MR) is 58.2 cm³/mol. The average molecular weight is 225 g/mol. The number of hydrogen-bond donors (Lipinski definition) is 1. The van der Waals surface area contributed by atoms with E-state index in [0.29, 0.717) is 24.2 Å². The van der Waals surface area contributed by atoms with Gasteiger partial charge in [-0.1, -0.05) is 0 Å². The first kappa shape index (κ1) is 10.5. The van der Waals surface area contributed by atoms with E-state index < -0.39 is 5.97 Å². The first-order chi connectivity index (χ1) is 7.70. The van der Waals surface area contributed by atoms with Gasteiger partial charge in [-0.2, -0.15) is 0 Å². The summed E-state index contributed by atoms with van der Waals surface area (Å²) in [4.78, 5) is 13.6. The molecule has 3 unspecified atom stereocenters.